The molecule has 0 radical (unpaired) electrons. The molecule has 1 aromatic rings. The van der Waals surface area contributed by atoms with Crippen molar-refractivity contribution in [3.8, 4) is 0 Å². The lowest BCUT2D eigenvalue weighted by molar-refractivity contribution is -0.254. The number of hydrogen-bond acceptors (Lipinski definition) is 8. The molecule has 3 fully saturated rings. The molecule has 9 nitrogen and oxygen atoms in total. The maximum absolute atomic E-state index is 12.5. The van der Waals surface area contributed by atoms with Crippen molar-refractivity contribution in [1.29, 1.82) is 0 Å². The normalized spacial score (nSPS) is 36.8. The van der Waals surface area contributed by atoms with Gasteiger partial charge in [-0.1, -0.05) is 12.1 Å². The molecule has 4 aliphatic heterocycles. The van der Waals surface area contributed by atoms with Gasteiger partial charge in [-0.15, -0.1) is 5.06 Å². The average Bonchev–Trinajstić information content (AvgIpc) is 3.22. The van der Waals surface area contributed by atoms with E-state index in [4.69, 9.17) is 28.5 Å². The number of benzene rings is 1. The lowest BCUT2D eigenvalue weighted by Gasteiger charge is -2.37. The molecule has 156 valence electrons. The third-order valence-corrected chi connectivity index (χ3v) is 5.38. The van der Waals surface area contributed by atoms with Crippen LogP contribution >= 0.6 is 0 Å². The molecule has 0 N–H and O–H groups in total. The molecule has 0 unspecified atom stereocenters. The maximum Gasteiger partial charge on any atom is 0.285 e. The zero-order valence-corrected chi connectivity index (χ0v) is 16.6. The Hall–Kier alpha value is -1.88. The minimum atomic E-state index is -0.836. The van der Waals surface area contributed by atoms with E-state index in [0.717, 1.165) is 5.06 Å². The van der Waals surface area contributed by atoms with E-state index < -0.39 is 54.1 Å². The first kappa shape index (κ1) is 19.1. The van der Waals surface area contributed by atoms with Crippen molar-refractivity contribution in [1.82, 2.24) is 5.06 Å². The van der Waals surface area contributed by atoms with E-state index in [9.17, 15) is 9.59 Å². The van der Waals surface area contributed by atoms with Gasteiger partial charge >= 0.3 is 0 Å². The van der Waals surface area contributed by atoms with E-state index >= 15 is 0 Å². The van der Waals surface area contributed by atoms with Gasteiger partial charge in [0.05, 0.1) is 11.1 Å². The topological polar surface area (TPSA) is 92.8 Å². The molecule has 3 saturated heterocycles. The van der Waals surface area contributed by atoms with Crippen LogP contribution in [0, 0.1) is 0 Å². The van der Waals surface area contributed by atoms with Gasteiger partial charge in [0.2, 0.25) is 0 Å². The highest BCUT2D eigenvalue weighted by atomic mass is 16.9. The Morgan fingerprint density at radius 3 is 2.07 bits per heavy atom. The van der Waals surface area contributed by atoms with Crippen LogP contribution in [0.15, 0.2) is 24.3 Å². The fourth-order valence-corrected chi connectivity index (χ4v) is 4.26. The second-order valence-electron chi connectivity index (χ2n) is 8.45. The molecule has 0 bridgehead atoms. The number of carbonyl (C=O) groups excluding carboxylic acids is 2. The fraction of sp³-hybridized carbons (Fsp3) is 0.600. The first-order valence-corrected chi connectivity index (χ1v) is 9.63. The molecule has 1 aromatic carbocycles. The second-order valence-corrected chi connectivity index (χ2v) is 8.45. The minimum Gasteiger partial charge on any atom is -0.342 e. The number of hydrogen-bond donors (Lipinski definition) is 0. The van der Waals surface area contributed by atoms with Gasteiger partial charge in [-0.2, -0.15) is 0 Å². The van der Waals surface area contributed by atoms with Crippen LogP contribution in [0.25, 0.3) is 0 Å². The van der Waals surface area contributed by atoms with Crippen LogP contribution in [-0.2, 0) is 28.5 Å². The molecule has 4 aliphatic rings. The van der Waals surface area contributed by atoms with Gasteiger partial charge in [-0.05, 0) is 39.8 Å². The van der Waals surface area contributed by atoms with Gasteiger partial charge in [0.25, 0.3) is 11.8 Å². The number of amides is 2. The third kappa shape index (κ3) is 3.09. The van der Waals surface area contributed by atoms with Crippen molar-refractivity contribution >= 4 is 11.8 Å². The van der Waals surface area contributed by atoms with E-state index in [1.807, 2.05) is 13.8 Å². The van der Waals surface area contributed by atoms with Gasteiger partial charge in [0.1, 0.15) is 31.0 Å². The number of rotatable bonds is 3. The molecule has 4 heterocycles. The number of hydroxylamine groups is 2. The van der Waals surface area contributed by atoms with Crippen LogP contribution in [0.5, 0.6) is 0 Å². The van der Waals surface area contributed by atoms with Crippen molar-refractivity contribution in [2.75, 3.05) is 6.61 Å². The van der Waals surface area contributed by atoms with E-state index in [-0.39, 0.29) is 6.61 Å². The summed E-state index contributed by atoms with van der Waals surface area (Å²) < 4.78 is 29.9. The Morgan fingerprint density at radius 1 is 0.862 bits per heavy atom. The maximum atomic E-state index is 12.5. The second kappa shape index (κ2) is 6.31. The van der Waals surface area contributed by atoms with Crippen LogP contribution in [0.4, 0.5) is 0 Å². The fourth-order valence-electron chi connectivity index (χ4n) is 4.26. The smallest absolute Gasteiger partial charge is 0.285 e. The van der Waals surface area contributed by atoms with Crippen molar-refractivity contribution < 1.29 is 38.1 Å². The van der Waals surface area contributed by atoms with Crippen molar-refractivity contribution in [3.63, 3.8) is 0 Å². The molecular weight excluding hydrogens is 382 g/mol. The van der Waals surface area contributed by atoms with E-state index in [0.29, 0.717) is 11.1 Å². The Balaban J connectivity index is 1.34. The van der Waals surface area contributed by atoms with E-state index in [1.54, 1.807) is 38.1 Å². The monoisotopic (exact) mass is 405 g/mol. The van der Waals surface area contributed by atoms with Gasteiger partial charge < -0.3 is 23.7 Å². The summed E-state index contributed by atoms with van der Waals surface area (Å²) in [7, 11) is 0. The lowest BCUT2D eigenvalue weighted by atomic mass is 9.99. The predicted octanol–water partition coefficient (Wildman–Crippen LogP) is 1.61. The van der Waals surface area contributed by atoms with Gasteiger partial charge in [0.15, 0.2) is 17.9 Å². The number of fused-ring (bicyclic) bond motifs is 4. The summed E-state index contributed by atoms with van der Waals surface area (Å²) in [6.45, 7) is 7.13. The lowest BCUT2D eigenvalue weighted by Crippen LogP contribution is -2.56. The Morgan fingerprint density at radius 2 is 1.41 bits per heavy atom. The molecule has 0 saturated carbocycles. The molecular formula is C20H23NO8. The molecule has 2 amide bonds. The SMILES string of the molecule is CC1(C)O[C@H]2[C@@H](O1)[C@H](CON1C(=O)c3ccccc3C1=O)O[C@@H]1OC(C)(C)O[C@@H]12. The molecule has 9 heteroatoms. The molecule has 0 aliphatic carbocycles. The first-order valence-electron chi connectivity index (χ1n) is 9.63. The summed E-state index contributed by atoms with van der Waals surface area (Å²) in [5, 5.41) is 0.770. The van der Waals surface area contributed by atoms with Crippen LogP contribution in [0.2, 0.25) is 0 Å². The van der Waals surface area contributed by atoms with Crippen LogP contribution in [0.3, 0.4) is 0 Å². The standard InChI is InChI=1S/C20H23NO8/c1-19(2)26-13-12(25-18-15(14(13)27-19)28-20(3,4)29-18)9-24-21-16(22)10-7-5-6-8-11(10)17(21)23/h5-8,12-15,18H,9H2,1-4H3/t12-,13-,14-,15+,18+/m0/s1. The summed E-state index contributed by atoms with van der Waals surface area (Å²) >= 11 is 0. The molecule has 29 heavy (non-hydrogen) atoms. The first-order chi connectivity index (χ1) is 13.7. The number of carbonyl (C=O) groups is 2. The summed E-state index contributed by atoms with van der Waals surface area (Å²) in [4.78, 5) is 30.6. The molecule has 5 atom stereocenters. The Labute approximate surface area is 167 Å². The van der Waals surface area contributed by atoms with Gasteiger partial charge in [-0.3, -0.25) is 14.4 Å². The number of imide groups is 1. The Kier molecular flexibility index (Phi) is 4.16. The highest BCUT2D eigenvalue weighted by molar-refractivity contribution is 6.20. The summed E-state index contributed by atoms with van der Waals surface area (Å²) in [5.74, 6) is -2.66. The highest BCUT2D eigenvalue weighted by Crippen LogP contribution is 2.44. The van der Waals surface area contributed by atoms with Crippen molar-refractivity contribution in [2.45, 2.75) is 70.0 Å². The molecule has 5 rings (SSSR count). The van der Waals surface area contributed by atoms with Crippen LogP contribution in [0.1, 0.15) is 48.4 Å². The van der Waals surface area contributed by atoms with E-state index in [2.05, 4.69) is 0 Å². The van der Waals surface area contributed by atoms with Gasteiger partial charge in [-0.25, -0.2) is 0 Å². The zero-order chi connectivity index (χ0) is 20.6. The highest BCUT2D eigenvalue weighted by Gasteiger charge is 2.61. The van der Waals surface area contributed by atoms with Gasteiger partial charge in [0, 0.05) is 0 Å². The minimum absolute atomic E-state index is 0.0842. The largest absolute Gasteiger partial charge is 0.342 e. The predicted molar refractivity (Wildman–Crippen MR) is 95.4 cm³/mol. The third-order valence-electron chi connectivity index (χ3n) is 5.38. The summed E-state index contributed by atoms with van der Waals surface area (Å²) in [5.41, 5.74) is 0.631. The van der Waals surface area contributed by atoms with Crippen LogP contribution < -0.4 is 0 Å². The molecule has 0 spiro atoms. The average molecular weight is 405 g/mol. The van der Waals surface area contributed by atoms with Crippen LogP contribution in [-0.4, -0.2) is 65.8 Å². The summed E-state index contributed by atoms with van der Waals surface area (Å²) in [6.07, 6.45) is -2.67. The van der Waals surface area contributed by atoms with E-state index in [1.165, 1.54) is 0 Å². The summed E-state index contributed by atoms with van der Waals surface area (Å²) in [6, 6.07) is 6.60. The number of nitrogens with zero attached hydrogens (tertiary/aromatic N) is 1. The molecule has 0 aromatic heterocycles. The Bertz CT molecular complexity index is 833. The van der Waals surface area contributed by atoms with Crippen molar-refractivity contribution in [2.24, 2.45) is 0 Å². The zero-order valence-electron chi connectivity index (χ0n) is 16.6. The number of ether oxygens (including phenoxy) is 5. The van der Waals surface area contributed by atoms with Crippen molar-refractivity contribution in [3.05, 3.63) is 35.4 Å². The quantitative estimate of drug-likeness (QED) is 0.701.